The summed E-state index contributed by atoms with van der Waals surface area (Å²) in [7, 11) is -2.20. The lowest BCUT2D eigenvalue weighted by molar-refractivity contribution is -0.116. The standard InChI is InChI=1S/C22H22FN5O4S2/c1-13-3-10-21(33-13)34(31,32)27-22(30)25-16-8-9-19(17(23)11-16)28-20(29)12-18(26-28)14-4-6-15(24-2)7-5-14/h4-11,13,24H,3,12H2,1-2H3,(H2,25,27,30). The van der Waals surface area contributed by atoms with Crippen molar-refractivity contribution < 1.29 is 22.4 Å². The first-order valence-electron chi connectivity index (χ1n) is 10.3. The average Bonchev–Trinajstić information content (AvgIpc) is 3.40. The average molecular weight is 504 g/mol. The Morgan fingerprint density at radius 3 is 2.50 bits per heavy atom. The summed E-state index contributed by atoms with van der Waals surface area (Å²) in [6.45, 7) is 1.88. The second-order valence-electron chi connectivity index (χ2n) is 7.67. The summed E-state index contributed by atoms with van der Waals surface area (Å²) >= 11 is 1.16. The molecule has 0 aromatic heterocycles. The van der Waals surface area contributed by atoms with Gasteiger partial charge in [0, 0.05) is 23.7 Å². The van der Waals surface area contributed by atoms with Crippen molar-refractivity contribution in [1.82, 2.24) is 4.72 Å². The van der Waals surface area contributed by atoms with Gasteiger partial charge in [0.15, 0.2) is 5.82 Å². The minimum atomic E-state index is -3.99. The van der Waals surface area contributed by atoms with E-state index in [-0.39, 0.29) is 27.3 Å². The van der Waals surface area contributed by atoms with Crippen LogP contribution in [0, 0.1) is 5.82 Å². The fourth-order valence-corrected chi connectivity index (χ4v) is 6.04. The summed E-state index contributed by atoms with van der Waals surface area (Å²) in [5, 5.41) is 10.7. The van der Waals surface area contributed by atoms with Crippen molar-refractivity contribution in [2.45, 2.75) is 25.0 Å². The molecule has 178 valence electrons. The second kappa shape index (κ2) is 9.47. The van der Waals surface area contributed by atoms with E-state index in [1.165, 1.54) is 12.1 Å². The lowest BCUT2D eigenvalue weighted by Crippen LogP contribution is -2.34. The van der Waals surface area contributed by atoms with Gasteiger partial charge >= 0.3 is 6.03 Å². The second-order valence-corrected chi connectivity index (χ2v) is 11.1. The largest absolute Gasteiger partial charge is 0.388 e. The van der Waals surface area contributed by atoms with Crippen LogP contribution in [-0.2, 0) is 14.8 Å². The highest BCUT2D eigenvalue weighted by atomic mass is 32.3. The molecule has 0 radical (unpaired) electrons. The number of urea groups is 1. The Morgan fingerprint density at radius 1 is 1.18 bits per heavy atom. The molecule has 0 fully saturated rings. The maximum atomic E-state index is 14.8. The zero-order valence-corrected chi connectivity index (χ0v) is 20.0. The van der Waals surface area contributed by atoms with E-state index in [0.29, 0.717) is 12.1 Å². The molecule has 3 N–H and O–H groups in total. The highest BCUT2D eigenvalue weighted by Gasteiger charge is 2.29. The number of nitrogens with zero attached hydrogens (tertiary/aromatic N) is 2. The van der Waals surface area contributed by atoms with Crippen LogP contribution in [0.5, 0.6) is 0 Å². The van der Waals surface area contributed by atoms with E-state index in [0.717, 1.165) is 34.1 Å². The summed E-state index contributed by atoms with van der Waals surface area (Å²) in [4.78, 5) is 24.6. The number of carbonyl (C=O) groups is 2. The van der Waals surface area contributed by atoms with E-state index in [1.54, 1.807) is 13.1 Å². The van der Waals surface area contributed by atoms with E-state index < -0.39 is 27.8 Å². The molecule has 34 heavy (non-hydrogen) atoms. The number of anilines is 3. The van der Waals surface area contributed by atoms with Crippen molar-refractivity contribution in [3.63, 3.8) is 0 Å². The molecule has 2 aliphatic heterocycles. The molecule has 0 spiro atoms. The van der Waals surface area contributed by atoms with Crippen LogP contribution in [0.1, 0.15) is 25.3 Å². The third-order valence-electron chi connectivity index (χ3n) is 5.14. The fourth-order valence-electron chi connectivity index (χ4n) is 3.42. The molecular weight excluding hydrogens is 481 g/mol. The summed E-state index contributed by atoms with van der Waals surface area (Å²) in [6.07, 6.45) is 2.16. The first-order chi connectivity index (χ1) is 16.2. The minimum absolute atomic E-state index is 0.0189. The Balaban J connectivity index is 1.46. The number of hydrogen-bond donors (Lipinski definition) is 3. The van der Waals surface area contributed by atoms with Crippen molar-refractivity contribution in [2.24, 2.45) is 5.10 Å². The van der Waals surface area contributed by atoms with Gasteiger partial charge in [-0.2, -0.15) is 10.1 Å². The highest BCUT2D eigenvalue weighted by molar-refractivity contribution is 8.18. The summed E-state index contributed by atoms with van der Waals surface area (Å²) in [5.74, 6) is -1.19. The molecule has 12 heteroatoms. The van der Waals surface area contributed by atoms with E-state index >= 15 is 0 Å². The van der Waals surface area contributed by atoms with E-state index in [9.17, 15) is 22.4 Å². The number of carbonyl (C=O) groups excluding carboxylic acids is 2. The molecule has 2 aromatic carbocycles. The third kappa shape index (κ3) is 5.07. The van der Waals surface area contributed by atoms with Crippen LogP contribution < -0.4 is 20.4 Å². The van der Waals surface area contributed by atoms with Gasteiger partial charge in [-0.25, -0.2) is 22.3 Å². The van der Waals surface area contributed by atoms with Crippen molar-refractivity contribution in [3.05, 3.63) is 64.2 Å². The highest BCUT2D eigenvalue weighted by Crippen LogP contribution is 2.35. The lowest BCUT2D eigenvalue weighted by Gasteiger charge is -2.14. The van der Waals surface area contributed by atoms with Gasteiger partial charge in [0.1, 0.15) is 9.92 Å². The van der Waals surface area contributed by atoms with Crippen LogP contribution in [0.4, 0.5) is 26.2 Å². The van der Waals surface area contributed by atoms with Crippen molar-refractivity contribution >= 4 is 56.5 Å². The molecule has 2 aliphatic rings. The first kappa shape index (κ1) is 23.8. The van der Waals surface area contributed by atoms with Gasteiger partial charge in [-0.1, -0.05) is 25.1 Å². The van der Waals surface area contributed by atoms with E-state index in [1.807, 2.05) is 35.9 Å². The van der Waals surface area contributed by atoms with E-state index in [2.05, 4.69) is 15.7 Å². The van der Waals surface area contributed by atoms with Gasteiger partial charge in [0.05, 0.1) is 12.1 Å². The Morgan fingerprint density at radius 2 is 1.88 bits per heavy atom. The number of hydrogen-bond acceptors (Lipinski definition) is 7. The molecule has 1 unspecified atom stereocenters. The minimum Gasteiger partial charge on any atom is -0.388 e. The van der Waals surface area contributed by atoms with Gasteiger partial charge in [0.25, 0.3) is 15.9 Å². The zero-order valence-electron chi connectivity index (χ0n) is 18.3. The SMILES string of the molecule is CNc1ccc(C2=NN(c3ccc(NC(=O)NS(=O)(=O)C4=CCC(C)S4)cc3F)C(=O)C2)cc1. The number of hydrazone groups is 1. The molecule has 2 heterocycles. The summed E-state index contributed by atoms with van der Waals surface area (Å²) in [6, 6.07) is 9.96. The molecule has 0 bridgehead atoms. The zero-order chi connectivity index (χ0) is 24.5. The Kier molecular flexibility index (Phi) is 6.62. The maximum Gasteiger partial charge on any atom is 0.333 e. The molecule has 4 rings (SSSR count). The number of benzene rings is 2. The van der Waals surface area contributed by atoms with Crippen LogP contribution in [0.3, 0.4) is 0 Å². The van der Waals surface area contributed by atoms with Crippen LogP contribution in [0.15, 0.2) is 57.9 Å². The smallest absolute Gasteiger partial charge is 0.333 e. The number of rotatable bonds is 6. The van der Waals surface area contributed by atoms with Crippen LogP contribution in [0.2, 0.25) is 0 Å². The van der Waals surface area contributed by atoms with Gasteiger partial charge in [-0.05, 0) is 42.3 Å². The topological polar surface area (TPSA) is 120 Å². The van der Waals surface area contributed by atoms with Gasteiger partial charge in [-0.3, -0.25) is 4.79 Å². The normalized spacial score (nSPS) is 17.9. The lowest BCUT2D eigenvalue weighted by atomic mass is 10.1. The quantitative estimate of drug-likeness (QED) is 0.551. The predicted molar refractivity (Wildman–Crippen MR) is 132 cm³/mol. The molecule has 0 aliphatic carbocycles. The maximum absolute atomic E-state index is 14.8. The summed E-state index contributed by atoms with van der Waals surface area (Å²) < 4.78 is 41.4. The van der Waals surface area contributed by atoms with Crippen molar-refractivity contribution in [3.8, 4) is 0 Å². The van der Waals surface area contributed by atoms with Crippen LogP contribution >= 0.6 is 11.8 Å². The van der Waals surface area contributed by atoms with Gasteiger partial charge in [0.2, 0.25) is 0 Å². The van der Waals surface area contributed by atoms with E-state index in [4.69, 9.17) is 0 Å². The molecule has 1 atom stereocenters. The molecule has 2 aromatic rings. The summed E-state index contributed by atoms with van der Waals surface area (Å²) in [5.41, 5.74) is 2.11. The Hall–Kier alpha value is -3.38. The van der Waals surface area contributed by atoms with Gasteiger partial charge < -0.3 is 10.6 Å². The van der Waals surface area contributed by atoms with Gasteiger partial charge in [-0.15, -0.1) is 11.8 Å². The Bertz CT molecular complexity index is 1310. The molecule has 3 amide bonds. The van der Waals surface area contributed by atoms with Crippen LogP contribution in [-0.4, -0.2) is 38.4 Å². The number of allylic oxidation sites excluding steroid dienone is 1. The monoisotopic (exact) mass is 503 g/mol. The number of thioether (sulfide) groups is 1. The van der Waals surface area contributed by atoms with Crippen LogP contribution in [0.25, 0.3) is 0 Å². The molecule has 9 nitrogen and oxygen atoms in total. The van der Waals surface area contributed by atoms with Crippen molar-refractivity contribution in [2.75, 3.05) is 22.7 Å². The van der Waals surface area contributed by atoms with Crippen molar-refractivity contribution in [1.29, 1.82) is 0 Å². The Labute approximate surface area is 200 Å². The number of sulfonamides is 1. The molecule has 0 saturated carbocycles. The first-order valence-corrected chi connectivity index (χ1v) is 12.7. The molecule has 0 saturated heterocycles. The number of halogens is 1. The fraction of sp³-hybridized carbons (Fsp3) is 0.227. The number of amides is 3. The predicted octanol–water partition coefficient (Wildman–Crippen LogP) is 3.83. The third-order valence-corrected chi connectivity index (χ3v) is 8.23. The molecular formula is C22H22FN5O4S2. The number of nitrogens with one attached hydrogen (secondary N) is 3.